The lowest BCUT2D eigenvalue weighted by Gasteiger charge is -2.34. The van der Waals surface area contributed by atoms with Crippen molar-refractivity contribution in [3.8, 4) is 0 Å². The largest absolute Gasteiger partial charge is 0.362 e. The van der Waals surface area contributed by atoms with Gasteiger partial charge in [0.2, 0.25) is 0 Å². The lowest BCUT2D eigenvalue weighted by atomic mass is 9.80. The molecular weight excluding hydrogens is 204 g/mol. The van der Waals surface area contributed by atoms with Gasteiger partial charge in [-0.15, -0.1) is 0 Å². The topological polar surface area (TPSA) is 24.4 Å². The maximum atomic E-state index is 4.63. The van der Waals surface area contributed by atoms with Crippen molar-refractivity contribution in [2.24, 2.45) is 16.3 Å². The minimum Gasteiger partial charge on any atom is -0.362 e. The normalized spacial score (nSPS) is 27.8. The molecule has 0 aromatic carbocycles. The summed E-state index contributed by atoms with van der Waals surface area (Å²) < 4.78 is 0. The fraction of sp³-hybridized carbons (Fsp3) is 0.917. The molecule has 0 aromatic heterocycles. The summed E-state index contributed by atoms with van der Waals surface area (Å²) in [6, 6.07) is 0.617. The fourth-order valence-corrected chi connectivity index (χ4v) is 3.02. The van der Waals surface area contributed by atoms with Gasteiger partial charge in [0, 0.05) is 18.3 Å². The molecule has 1 unspecified atom stereocenters. The molecule has 1 aliphatic carbocycles. The summed E-state index contributed by atoms with van der Waals surface area (Å²) in [6.45, 7) is 7.84. The van der Waals surface area contributed by atoms with Gasteiger partial charge in [-0.2, -0.15) is 0 Å². The zero-order valence-corrected chi connectivity index (χ0v) is 10.9. The average Bonchev–Trinajstić information content (AvgIpc) is 2.05. The van der Waals surface area contributed by atoms with Crippen LogP contribution in [0.3, 0.4) is 0 Å². The molecule has 2 nitrogen and oxygen atoms in total. The van der Waals surface area contributed by atoms with Gasteiger partial charge in [-0.1, -0.05) is 32.0 Å². The highest BCUT2D eigenvalue weighted by Gasteiger charge is 2.27. The lowest BCUT2D eigenvalue weighted by Crippen LogP contribution is -2.41. The monoisotopic (exact) mass is 226 g/mol. The third-order valence-electron chi connectivity index (χ3n) is 3.46. The molecule has 3 heteroatoms. The Labute approximate surface area is 97.3 Å². The van der Waals surface area contributed by atoms with Crippen molar-refractivity contribution < 1.29 is 0 Å². The van der Waals surface area contributed by atoms with E-state index < -0.39 is 0 Å². The molecule has 0 saturated heterocycles. The fourth-order valence-electron chi connectivity index (χ4n) is 1.98. The van der Waals surface area contributed by atoms with Crippen LogP contribution in [-0.2, 0) is 0 Å². The number of thioether (sulfide) groups is 1. The second kappa shape index (κ2) is 4.36. The summed E-state index contributed by atoms with van der Waals surface area (Å²) in [5.41, 5.74) is 0.384. The molecule has 0 radical (unpaired) electrons. The van der Waals surface area contributed by atoms with Gasteiger partial charge in [-0.05, 0) is 31.1 Å². The quantitative estimate of drug-likeness (QED) is 0.783. The maximum Gasteiger partial charge on any atom is 0.156 e. The molecule has 1 saturated carbocycles. The predicted octanol–water partition coefficient (Wildman–Crippen LogP) is 2.89. The summed E-state index contributed by atoms with van der Waals surface area (Å²) >= 11 is 1.89. The third-order valence-corrected chi connectivity index (χ3v) is 4.90. The van der Waals surface area contributed by atoms with E-state index in [2.05, 4.69) is 31.1 Å². The summed E-state index contributed by atoms with van der Waals surface area (Å²) in [5.74, 6) is 2.08. The van der Waals surface area contributed by atoms with Crippen molar-refractivity contribution in [2.75, 3.05) is 12.3 Å². The van der Waals surface area contributed by atoms with E-state index in [1.165, 1.54) is 30.2 Å². The van der Waals surface area contributed by atoms with Gasteiger partial charge in [0.05, 0.1) is 0 Å². The number of amidine groups is 1. The van der Waals surface area contributed by atoms with Gasteiger partial charge >= 0.3 is 0 Å². The summed E-state index contributed by atoms with van der Waals surface area (Å²) in [7, 11) is 0. The molecular formula is C12H22N2S. The van der Waals surface area contributed by atoms with E-state index in [0.29, 0.717) is 11.5 Å². The van der Waals surface area contributed by atoms with Crippen LogP contribution in [0.1, 0.15) is 40.0 Å². The van der Waals surface area contributed by atoms with Crippen molar-refractivity contribution in [3.63, 3.8) is 0 Å². The number of rotatable bonds is 2. The molecule has 1 atom stereocenters. The summed E-state index contributed by atoms with van der Waals surface area (Å²) in [6.07, 6.45) is 4.22. The van der Waals surface area contributed by atoms with Gasteiger partial charge in [-0.3, -0.25) is 4.99 Å². The molecule has 1 N–H and O–H groups in total. The van der Waals surface area contributed by atoms with Crippen molar-refractivity contribution in [1.29, 1.82) is 0 Å². The van der Waals surface area contributed by atoms with E-state index in [4.69, 9.17) is 0 Å². The summed E-state index contributed by atoms with van der Waals surface area (Å²) in [4.78, 5) is 4.63. The van der Waals surface area contributed by atoms with E-state index in [9.17, 15) is 0 Å². The van der Waals surface area contributed by atoms with Crippen molar-refractivity contribution >= 4 is 16.9 Å². The lowest BCUT2D eigenvalue weighted by molar-refractivity contribution is 0.259. The van der Waals surface area contributed by atoms with Gasteiger partial charge in [0.25, 0.3) is 0 Å². The molecule has 0 bridgehead atoms. The minimum atomic E-state index is 0.384. The molecule has 15 heavy (non-hydrogen) atoms. The van der Waals surface area contributed by atoms with Crippen LogP contribution in [0.4, 0.5) is 0 Å². The number of aliphatic imine (C=N–C) groups is 1. The van der Waals surface area contributed by atoms with Crippen LogP contribution in [0.15, 0.2) is 4.99 Å². The van der Waals surface area contributed by atoms with Crippen LogP contribution >= 0.6 is 11.8 Å². The van der Waals surface area contributed by atoms with Crippen LogP contribution in [0.2, 0.25) is 0 Å². The Morgan fingerprint density at radius 1 is 1.47 bits per heavy atom. The van der Waals surface area contributed by atoms with Gasteiger partial charge in [0.1, 0.15) is 0 Å². The van der Waals surface area contributed by atoms with E-state index in [-0.39, 0.29) is 0 Å². The van der Waals surface area contributed by atoms with Crippen LogP contribution in [0.25, 0.3) is 0 Å². The first-order chi connectivity index (χ1) is 7.07. The van der Waals surface area contributed by atoms with E-state index in [1.54, 1.807) is 0 Å². The number of nitrogens with zero attached hydrogens (tertiary/aromatic N) is 1. The van der Waals surface area contributed by atoms with Crippen LogP contribution < -0.4 is 5.32 Å². The van der Waals surface area contributed by atoms with Crippen molar-refractivity contribution in [3.05, 3.63) is 0 Å². The Balaban J connectivity index is 1.82. The smallest absolute Gasteiger partial charge is 0.156 e. The maximum absolute atomic E-state index is 4.63. The van der Waals surface area contributed by atoms with Crippen molar-refractivity contribution in [2.45, 2.75) is 46.1 Å². The molecule has 0 amide bonds. The minimum absolute atomic E-state index is 0.384. The standard InChI is InChI=1S/C12H22N2S/c1-9(10-5-4-6-10)14-11-13-7-12(2,3)8-15-11/h9-10H,4-8H2,1-3H3,(H,13,14). The van der Waals surface area contributed by atoms with Crippen LogP contribution in [0, 0.1) is 11.3 Å². The number of nitrogens with one attached hydrogen (secondary N) is 1. The highest BCUT2D eigenvalue weighted by molar-refractivity contribution is 8.13. The number of hydrogen-bond acceptors (Lipinski definition) is 3. The molecule has 2 rings (SSSR count). The van der Waals surface area contributed by atoms with Gasteiger partial charge in [-0.25, -0.2) is 0 Å². The van der Waals surface area contributed by atoms with E-state index in [0.717, 1.165) is 12.5 Å². The molecule has 2 aliphatic rings. The second-order valence-electron chi connectivity index (χ2n) is 5.70. The first-order valence-electron chi connectivity index (χ1n) is 6.01. The molecule has 1 aliphatic heterocycles. The second-order valence-corrected chi connectivity index (χ2v) is 6.66. The van der Waals surface area contributed by atoms with Crippen LogP contribution in [0.5, 0.6) is 0 Å². The predicted molar refractivity (Wildman–Crippen MR) is 68.5 cm³/mol. The molecule has 1 fully saturated rings. The first-order valence-corrected chi connectivity index (χ1v) is 6.99. The van der Waals surface area contributed by atoms with Crippen molar-refractivity contribution in [1.82, 2.24) is 5.32 Å². The molecule has 0 spiro atoms. The Hall–Kier alpha value is -0.180. The third kappa shape index (κ3) is 2.90. The molecule has 1 heterocycles. The molecule has 0 aromatic rings. The Morgan fingerprint density at radius 3 is 2.67 bits per heavy atom. The Kier molecular flexibility index (Phi) is 3.29. The Morgan fingerprint density at radius 2 is 2.20 bits per heavy atom. The van der Waals surface area contributed by atoms with Gasteiger partial charge in [0.15, 0.2) is 5.17 Å². The van der Waals surface area contributed by atoms with E-state index >= 15 is 0 Å². The highest BCUT2D eigenvalue weighted by atomic mass is 32.2. The Bertz CT molecular complexity index is 256. The zero-order chi connectivity index (χ0) is 10.9. The van der Waals surface area contributed by atoms with Gasteiger partial charge < -0.3 is 5.32 Å². The first kappa shape index (κ1) is 11.3. The average molecular weight is 226 g/mol. The highest BCUT2D eigenvalue weighted by Crippen LogP contribution is 2.31. The summed E-state index contributed by atoms with van der Waals surface area (Å²) in [5, 5.41) is 4.75. The SMILES string of the molecule is CC(NC1=NCC(C)(C)CS1)C1CCC1. The zero-order valence-electron chi connectivity index (χ0n) is 10.0. The number of hydrogen-bond donors (Lipinski definition) is 1. The van der Waals surface area contributed by atoms with E-state index in [1.807, 2.05) is 11.8 Å². The molecule has 86 valence electrons. The van der Waals surface area contributed by atoms with Crippen LogP contribution in [-0.4, -0.2) is 23.5 Å².